The van der Waals surface area contributed by atoms with Gasteiger partial charge >= 0.3 is 11.9 Å². The number of furan rings is 1. The Balaban J connectivity index is 2.92. The fourth-order valence-electron chi connectivity index (χ4n) is 1.57. The summed E-state index contributed by atoms with van der Waals surface area (Å²) in [5.74, 6) is -0.654. The molecule has 0 saturated heterocycles. The van der Waals surface area contributed by atoms with Crippen molar-refractivity contribution in [2.75, 3.05) is 13.2 Å². The molecule has 0 spiro atoms. The summed E-state index contributed by atoms with van der Waals surface area (Å²) in [5.41, 5.74) is -1.37. The molecule has 18 heavy (non-hydrogen) atoms. The van der Waals surface area contributed by atoms with Gasteiger partial charge in [-0.25, -0.2) is 0 Å². The van der Waals surface area contributed by atoms with Crippen LogP contribution in [0, 0.1) is 5.41 Å². The molecule has 0 unspecified atom stereocenters. The molecule has 0 fully saturated rings. The Labute approximate surface area is 106 Å². The van der Waals surface area contributed by atoms with Gasteiger partial charge in [0, 0.05) is 6.42 Å². The van der Waals surface area contributed by atoms with Crippen LogP contribution in [0.2, 0.25) is 0 Å². The lowest BCUT2D eigenvalue weighted by molar-refractivity contribution is -0.170. The van der Waals surface area contributed by atoms with Crippen LogP contribution in [0.5, 0.6) is 0 Å². The maximum absolute atomic E-state index is 11.9. The van der Waals surface area contributed by atoms with Gasteiger partial charge in [-0.1, -0.05) is 0 Å². The minimum absolute atomic E-state index is 0.123. The summed E-state index contributed by atoms with van der Waals surface area (Å²) in [6.07, 6.45) is 1.61. The second-order valence-corrected chi connectivity index (χ2v) is 4.03. The van der Waals surface area contributed by atoms with Crippen LogP contribution < -0.4 is 0 Å². The zero-order chi connectivity index (χ0) is 13.6. The predicted molar refractivity (Wildman–Crippen MR) is 63.8 cm³/mol. The molecular formula is C13H18O5. The summed E-state index contributed by atoms with van der Waals surface area (Å²) in [7, 11) is 0. The van der Waals surface area contributed by atoms with Crippen molar-refractivity contribution in [3.05, 3.63) is 24.2 Å². The average molecular weight is 254 g/mol. The predicted octanol–water partition coefficient (Wildman–Crippen LogP) is 1.95. The van der Waals surface area contributed by atoms with E-state index in [1.165, 1.54) is 13.2 Å². The van der Waals surface area contributed by atoms with Gasteiger partial charge in [-0.05, 0) is 32.9 Å². The minimum Gasteiger partial charge on any atom is -0.469 e. The number of hydrogen-bond donors (Lipinski definition) is 0. The van der Waals surface area contributed by atoms with Gasteiger partial charge in [0.15, 0.2) is 5.41 Å². The topological polar surface area (TPSA) is 65.7 Å². The summed E-state index contributed by atoms with van der Waals surface area (Å²) in [6.45, 7) is 5.32. The molecule has 1 rings (SSSR count). The molecule has 0 radical (unpaired) electrons. The van der Waals surface area contributed by atoms with Crippen LogP contribution >= 0.6 is 0 Å². The van der Waals surface area contributed by atoms with E-state index in [0.717, 1.165) is 0 Å². The van der Waals surface area contributed by atoms with E-state index in [-0.39, 0.29) is 19.6 Å². The fraction of sp³-hybridized carbons (Fsp3) is 0.538. The first-order valence-corrected chi connectivity index (χ1v) is 5.91. The molecule has 0 aromatic carbocycles. The Bertz CT molecular complexity index is 376. The highest BCUT2D eigenvalue weighted by Gasteiger charge is 2.45. The highest BCUT2D eigenvalue weighted by Crippen LogP contribution is 2.26. The van der Waals surface area contributed by atoms with Gasteiger partial charge < -0.3 is 13.9 Å². The SMILES string of the molecule is CCOC(=O)C(C)(Cc1ccco1)C(=O)OCC. The standard InChI is InChI=1S/C13H18O5/c1-4-16-11(14)13(3,12(15)17-5-2)9-10-7-6-8-18-10/h6-8H,4-5,9H2,1-3H3. The van der Waals surface area contributed by atoms with Gasteiger partial charge in [0.25, 0.3) is 0 Å². The van der Waals surface area contributed by atoms with E-state index in [0.29, 0.717) is 5.76 Å². The molecule has 1 aromatic heterocycles. The van der Waals surface area contributed by atoms with E-state index in [9.17, 15) is 9.59 Å². The lowest BCUT2D eigenvalue weighted by Crippen LogP contribution is -2.41. The molecule has 1 aromatic rings. The molecular weight excluding hydrogens is 236 g/mol. The number of carbonyl (C=O) groups excluding carboxylic acids is 2. The molecule has 0 aliphatic carbocycles. The second-order valence-electron chi connectivity index (χ2n) is 4.03. The summed E-state index contributed by atoms with van der Waals surface area (Å²) < 4.78 is 15.1. The number of hydrogen-bond acceptors (Lipinski definition) is 5. The van der Waals surface area contributed by atoms with Crippen LogP contribution in [-0.4, -0.2) is 25.2 Å². The highest BCUT2D eigenvalue weighted by atomic mass is 16.6. The summed E-state index contributed by atoms with van der Waals surface area (Å²) in [6, 6.07) is 3.41. The highest BCUT2D eigenvalue weighted by molar-refractivity contribution is 5.99. The van der Waals surface area contributed by atoms with Crippen molar-refractivity contribution in [1.82, 2.24) is 0 Å². The Hall–Kier alpha value is -1.78. The average Bonchev–Trinajstić information content (AvgIpc) is 2.82. The molecule has 100 valence electrons. The van der Waals surface area contributed by atoms with Crippen LogP contribution in [0.4, 0.5) is 0 Å². The molecule has 0 amide bonds. The van der Waals surface area contributed by atoms with Gasteiger partial charge in [0.1, 0.15) is 5.76 Å². The Kier molecular flexibility index (Phi) is 4.95. The largest absolute Gasteiger partial charge is 0.469 e. The zero-order valence-corrected chi connectivity index (χ0v) is 10.9. The molecule has 0 saturated carbocycles. The summed E-state index contributed by atoms with van der Waals surface area (Å²) in [4.78, 5) is 23.9. The van der Waals surface area contributed by atoms with Gasteiger partial charge in [0.2, 0.25) is 0 Å². The third-order valence-corrected chi connectivity index (χ3v) is 2.56. The molecule has 1 heterocycles. The van der Waals surface area contributed by atoms with Crippen molar-refractivity contribution >= 4 is 11.9 Å². The van der Waals surface area contributed by atoms with Crippen LogP contribution in [0.15, 0.2) is 22.8 Å². The minimum atomic E-state index is -1.37. The first kappa shape index (κ1) is 14.3. The van der Waals surface area contributed by atoms with Crippen LogP contribution in [-0.2, 0) is 25.5 Å². The Morgan fingerprint density at radius 2 is 1.78 bits per heavy atom. The van der Waals surface area contributed by atoms with E-state index in [4.69, 9.17) is 13.9 Å². The van der Waals surface area contributed by atoms with Gasteiger partial charge in [-0.2, -0.15) is 0 Å². The maximum atomic E-state index is 11.9. The zero-order valence-electron chi connectivity index (χ0n) is 10.9. The van der Waals surface area contributed by atoms with E-state index in [2.05, 4.69) is 0 Å². The molecule has 0 N–H and O–H groups in total. The fourth-order valence-corrected chi connectivity index (χ4v) is 1.57. The van der Waals surface area contributed by atoms with Crippen molar-refractivity contribution in [2.24, 2.45) is 5.41 Å². The molecule has 5 nitrogen and oxygen atoms in total. The third-order valence-electron chi connectivity index (χ3n) is 2.56. The lowest BCUT2D eigenvalue weighted by Gasteiger charge is -2.23. The molecule has 5 heteroatoms. The second kappa shape index (κ2) is 6.23. The van der Waals surface area contributed by atoms with Gasteiger partial charge in [-0.15, -0.1) is 0 Å². The monoisotopic (exact) mass is 254 g/mol. The number of ether oxygens (including phenoxy) is 2. The van der Waals surface area contributed by atoms with Crippen molar-refractivity contribution in [3.63, 3.8) is 0 Å². The third kappa shape index (κ3) is 3.12. The van der Waals surface area contributed by atoms with Crippen molar-refractivity contribution in [2.45, 2.75) is 27.2 Å². The van der Waals surface area contributed by atoms with E-state index < -0.39 is 17.4 Å². The van der Waals surface area contributed by atoms with Crippen LogP contribution in [0.25, 0.3) is 0 Å². The molecule has 0 atom stereocenters. The summed E-state index contributed by atoms with van der Waals surface area (Å²) in [5, 5.41) is 0. The van der Waals surface area contributed by atoms with E-state index in [1.807, 2.05) is 0 Å². The maximum Gasteiger partial charge on any atom is 0.323 e. The Morgan fingerprint density at radius 1 is 1.22 bits per heavy atom. The van der Waals surface area contributed by atoms with Gasteiger partial charge in [0.05, 0.1) is 19.5 Å². The Morgan fingerprint density at radius 3 is 2.17 bits per heavy atom. The number of esters is 2. The van der Waals surface area contributed by atoms with Crippen LogP contribution in [0.1, 0.15) is 26.5 Å². The van der Waals surface area contributed by atoms with Crippen molar-refractivity contribution < 1.29 is 23.5 Å². The van der Waals surface area contributed by atoms with Gasteiger partial charge in [-0.3, -0.25) is 9.59 Å². The number of carbonyl (C=O) groups is 2. The number of rotatable bonds is 6. The molecule has 0 bridgehead atoms. The molecule has 0 aliphatic rings. The molecule has 0 aliphatic heterocycles. The lowest BCUT2D eigenvalue weighted by atomic mass is 9.86. The normalized spacial score (nSPS) is 11.1. The van der Waals surface area contributed by atoms with E-state index in [1.54, 1.807) is 26.0 Å². The van der Waals surface area contributed by atoms with Crippen molar-refractivity contribution in [3.8, 4) is 0 Å². The first-order chi connectivity index (χ1) is 8.54. The first-order valence-electron chi connectivity index (χ1n) is 5.91. The van der Waals surface area contributed by atoms with E-state index >= 15 is 0 Å². The smallest absolute Gasteiger partial charge is 0.323 e. The summed E-state index contributed by atoms with van der Waals surface area (Å²) >= 11 is 0. The van der Waals surface area contributed by atoms with Crippen molar-refractivity contribution in [1.29, 1.82) is 0 Å². The quantitative estimate of drug-likeness (QED) is 0.573. The van der Waals surface area contributed by atoms with Crippen LogP contribution in [0.3, 0.4) is 0 Å².